The summed E-state index contributed by atoms with van der Waals surface area (Å²) in [7, 11) is -1.88. The summed E-state index contributed by atoms with van der Waals surface area (Å²) >= 11 is 12.0. The molecule has 0 saturated carbocycles. The average Bonchev–Trinajstić information content (AvgIpc) is 2.63. The quantitative estimate of drug-likeness (QED) is 0.589. The summed E-state index contributed by atoms with van der Waals surface area (Å²) < 4.78 is 27.8. The van der Waals surface area contributed by atoms with Gasteiger partial charge in [-0.3, -0.25) is 8.98 Å². The van der Waals surface area contributed by atoms with Gasteiger partial charge >= 0.3 is 0 Å². The van der Waals surface area contributed by atoms with Crippen LogP contribution in [0.2, 0.25) is 10.0 Å². The Balaban J connectivity index is 2.11. The van der Waals surface area contributed by atoms with Crippen LogP contribution in [-0.2, 0) is 14.3 Å². The summed E-state index contributed by atoms with van der Waals surface area (Å²) in [5, 5.41) is 0.798. The number of rotatable bonds is 8. The van der Waals surface area contributed by atoms with Gasteiger partial charge in [0.25, 0.3) is 16.0 Å². The van der Waals surface area contributed by atoms with Crippen LogP contribution in [0.5, 0.6) is 0 Å². The molecule has 0 bridgehead atoms. The van der Waals surface area contributed by atoms with Crippen LogP contribution in [0.1, 0.15) is 28.3 Å². The molecular weight excluding hydrogens is 409 g/mol. The lowest BCUT2D eigenvalue weighted by molar-refractivity contribution is 0.0788. The second-order valence-electron chi connectivity index (χ2n) is 6.24. The average molecular weight is 430 g/mol. The molecule has 0 aromatic heterocycles. The molecule has 146 valence electrons. The molecule has 27 heavy (non-hydrogen) atoms. The predicted octanol–water partition coefficient (Wildman–Crippen LogP) is 4.22. The zero-order valence-electron chi connectivity index (χ0n) is 15.1. The molecule has 0 aliphatic carbocycles. The molecule has 5 nitrogen and oxygen atoms in total. The molecule has 1 atom stereocenters. The van der Waals surface area contributed by atoms with Crippen LogP contribution >= 0.6 is 23.2 Å². The number of hydrogen-bond donors (Lipinski definition) is 0. The lowest BCUT2D eigenvalue weighted by atomic mass is 9.96. The maximum absolute atomic E-state index is 12.5. The van der Waals surface area contributed by atoms with Crippen molar-refractivity contribution in [1.82, 2.24) is 4.90 Å². The van der Waals surface area contributed by atoms with Crippen molar-refractivity contribution in [2.75, 3.05) is 26.5 Å². The molecule has 0 radical (unpaired) electrons. The van der Waals surface area contributed by atoms with E-state index in [4.69, 9.17) is 27.4 Å². The molecule has 2 rings (SSSR count). The fourth-order valence-electron chi connectivity index (χ4n) is 2.57. The molecule has 1 unspecified atom stereocenters. The third-order valence-corrected chi connectivity index (χ3v) is 5.38. The molecular formula is C19H21Cl2NO4S. The van der Waals surface area contributed by atoms with Crippen LogP contribution in [0, 0.1) is 0 Å². The van der Waals surface area contributed by atoms with Crippen molar-refractivity contribution in [3.05, 3.63) is 69.7 Å². The normalized spacial score (nSPS) is 12.6. The van der Waals surface area contributed by atoms with E-state index in [0.29, 0.717) is 28.6 Å². The first-order valence-corrected chi connectivity index (χ1v) is 10.8. The minimum Gasteiger partial charge on any atom is -0.342 e. The van der Waals surface area contributed by atoms with Gasteiger partial charge in [-0.05, 0) is 36.2 Å². The van der Waals surface area contributed by atoms with Crippen LogP contribution in [0.4, 0.5) is 0 Å². The first-order chi connectivity index (χ1) is 12.7. The number of hydrogen-bond acceptors (Lipinski definition) is 4. The number of halogens is 2. The Bertz CT molecular complexity index is 888. The van der Waals surface area contributed by atoms with Crippen LogP contribution in [0.15, 0.2) is 48.5 Å². The minimum atomic E-state index is -3.58. The highest BCUT2D eigenvalue weighted by Crippen LogP contribution is 2.29. The molecule has 8 heteroatoms. The first-order valence-electron chi connectivity index (χ1n) is 8.27. The Hall–Kier alpha value is -1.60. The van der Waals surface area contributed by atoms with E-state index in [-0.39, 0.29) is 18.4 Å². The fourth-order valence-corrected chi connectivity index (χ4v) is 3.29. The number of nitrogens with zero attached hydrogens (tertiary/aromatic N) is 1. The summed E-state index contributed by atoms with van der Waals surface area (Å²) in [5.74, 6) is -0.368. The molecule has 0 aliphatic rings. The van der Waals surface area contributed by atoms with Crippen LogP contribution in [-0.4, -0.2) is 45.7 Å². The molecule has 2 aromatic carbocycles. The Morgan fingerprint density at radius 3 is 2.37 bits per heavy atom. The minimum absolute atomic E-state index is 0.0375. The lowest BCUT2D eigenvalue weighted by Gasteiger charge is -2.22. The van der Waals surface area contributed by atoms with Crippen molar-refractivity contribution < 1.29 is 17.4 Å². The number of benzene rings is 2. The van der Waals surface area contributed by atoms with Crippen molar-refractivity contribution in [2.24, 2.45) is 0 Å². The van der Waals surface area contributed by atoms with Crippen LogP contribution in [0.25, 0.3) is 0 Å². The smallest absolute Gasteiger partial charge is 0.264 e. The standard InChI is InChI=1S/C19H21Cl2NO4S/c1-22(19(23)14-6-4-3-5-7-14)11-10-16(13-26-27(2,24)25)15-8-9-17(20)18(21)12-15/h3-9,12,16H,10-11,13H2,1-2H3. The monoisotopic (exact) mass is 429 g/mol. The highest BCUT2D eigenvalue weighted by molar-refractivity contribution is 7.85. The predicted molar refractivity (Wildman–Crippen MR) is 108 cm³/mol. The summed E-state index contributed by atoms with van der Waals surface area (Å²) in [5.41, 5.74) is 1.40. The number of carbonyl (C=O) groups is 1. The molecule has 0 heterocycles. The molecule has 0 aliphatic heterocycles. The van der Waals surface area contributed by atoms with Gasteiger partial charge in [0.05, 0.1) is 22.9 Å². The Labute approximate surface area is 170 Å². The second-order valence-corrected chi connectivity index (χ2v) is 8.70. The van der Waals surface area contributed by atoms with Gasteiger partial charge in [0, 0.05) is 25.1 Å². The van der Waals surface area contributed by atoms with E-state index < -0.39 is 10.1 Å². The van der Waals surface area contributed by atoms with Crippen molar-refractivity contribution in [1.29, 1.82) is 0 Å². The van der Waals surface area contributed by atoms with E-state index in [1.165, 1.54) is 0 Å². The van der Waals surface area contributed by atoms with Gasteiger partial charge in [-0.1, -0.05) is 47.5 Å². The van der Waals surface area contributed by atoms with Gasteiger partial charge in [-0.15, -0.1) is 0 Å². The van der Waals surface area contributed by atoms with Crippen LogP contribution < -0.4 is 0 Å². The van der Waals surface area contributed by atoms with Gasteiger partial charge in [-0.2, -0.15) is 8.42 Å². The zero-order valence-corrected chi connectivity index (χ0v) is 17.4. The van der Waals surface area contributed by atoms with Crippen molar-refractivity contribution in [3.63, 3.8) is 0 Å². The molecule has 0 fully saturated rings. The Kier molecular flexibility index (Phi) is 7.68. The Morgan fingerprint density at radius 1 is 1.11 bits per heavy atom. The summed E-state index contributed by atoms with van der Waals surface area (Å²) in [6.45, 7) is 0.385. The SMILES string of the molecule is CN(CCC(COS(C)(=O)=O)c1ccc(Cl)c(Cl)c1)C(=O)c1ccccc1. The summed E-state index contributed by atoms with van der Waals surface area (Å²) in [6.07, 6.45) is 1.51. The second kappa shape index (κ2) is 9.55. The molecule has 0 spiro atoms. The lowest BCUT2D eigenvalue weighted by Crippen LogP contribution is -2.29. The highest BCUT2D eigenvalue weighted by Gasteiger charge is 2.19. The first kappa shape index (κ1) is 21.7. The van der Waals surface area contributed by atoms with Crippen LogP contribution in [0.3, 0.4) is 0 Å². The third-order valence-electron chi connectivity index (χ3n) is 4.08. The molecule has 1 amide bonds. The molecule has 2 aromatic rings. The number of amides is 1. The number of carbonyl (C=O) groups excluding carboxylic acids is 1. The van der Waals surface area contributed by atoms with E-state index in [1.807, 2.05) is 6.07 Å². The topological polar surface area (TPSA) is 63.7 Å². The van der Waals surface area contributed by atoms with E-state index in [0.717, 1.165) is 11.8 Å². The van der Waals surface area contributed by atoms with Gasteiger partial charge in [0.1, 0.15) is 0 Å². The van der Waals surface area contributed by atoms with Gasteiger partial charge in [0.15, 0.2) is 0 Å². The largest absolute Gasteiger partial charge is 0.342 e. The van der Waals surface area contributed by atoms with Crippen molar-refractivity contribution in [2.45, 2.75) is 12.3 Å². The zero-order chi connectivity index (χ0) is 20.0. The molecule has 0 N–H and O–H groups in total. The van der Waals surface area contributed by atoms with Gasteiger partial charge < -0.3 is 4.90 Å². The van der Waals surface area contributed by atoms with Gasteiger partial charge in [-0.25, -0.2) is 0 Å². The van der Waals surface area contributed by atoms with E-state index in [9.17, 15) is 13.2 Å². The van der Waals surface area contributed by atoms with Crippen molar-refractivity contribution in [3.8, 4) is 0 Å². The van der Waals surface area contributed by atoms with E-state index >= 15 is 0 Å². The van der Waals surface area contributed by atoms with Crippen molar-refractivity contribution >= 4 is 39.2 Å². The maximum atomic E-state index is 12.5. The highest BCUT2D eigenvalue weighted by atomic mass is 35.5. The Morgan fingerprint density at radius 2 is 1.78 bits per heavy atom. The van der Waals surface area contributed by atoms with Gasteiger partial charge in [0.2, 0.25) is 0 Å². The fraction of sp³-hybridized carbons (Fsp3) is 0.316. The van der Waals surface area contributed by atoms with E-state index in [1.54, 1.807) is 54.4 Å². The molecule has 0 saturated heterocycles. The summed E-state index contributed by atoms with van der Waals surface area (Å²) in [4.78, 5) is 14.1. The van der Waals surface area contributed by atoms with E-state index in [2.05, 4.69) is 0 Å². The third kappa shape index (κ3) is 6.81. The summed E-state index contributed by atoms with van der Waals surface area (Å²) in [6, 6.07) is 14.1. The maximum Gasteiger partial charge on any atom is 0.264 e.